The summed E-state index contributed by atoms with van der Waals surface area (Å²) in [5.41, 5.74) is -1.87. The maximum Gasteiger partial charge on any atom is 0.417 e. The number of nitrogens with zero attached hydrogens (tertiary/aromatic N) is 1. The minimum Gasteiger partial charge on any atom is -0.478 e. The number of halogens is 4. The average molecular weight is 367 g/mol. The summed E-state index contributed by atoms with van der Waals surface area (Å²) in [5, 5.41) is 8.62. The molecule has 0 fully saturated rings. The van der Waals surface area contributed by atoms with Gasteiger partial charge in [0.1, 0.15) is 0 Å². The Kier molecular flexibility index (Phi) is 3.18. The molecule has 0 bridgehead atoms. The summed E-state index contributed by atoms with van der Waals surface area (Å²) in [6.07, 6.45) is -4.00. The zero-order chi connectivity index (χ0) is 13.5. The molecule has 2 aromatic rings. The lowest BCUT2D eigenvalue weighted by Gasteiger charge is -2.13. The van der Waals surface area contributed by atoms with Gasteiger partial charge in [-0.25, -0.2) is 4.79 Å². The van der Waals surface area contributed by atoms with Crippen LogP contribution in [-0.2, 0) is 6.18 Å². The van der Waals surface area contributed by atoms with E-state index < -0.39 is 23.3 Å². The number of carboxylic acids is 1. The first kappa shape index (κ1) is 13.1. The Balaban J connectivity index is 2.93. The number of hydrogen-bond acceptors (Lipinski definition) is 2. The summed E-state index contributed by atoms with van der Waals surface area (Å²) in [5.74, 6) is -1.64. The second-order valence-corrected chi connectivity index (χ2v) is 4.76. The Labute approximate surface area is 113 Å². The van der Waals surface area contributed by atoms with Gasteiger partial charge in [-0.15, -0.1) is 0 Å². The Morgan fingerprint density at radius 2 is 2.00 bits per heavy atom. The van der Waals surface area contributed by atoms with Crippen molar-refractivity contribution in [3.05, 3.63) is 39.1 Å². The van der Waals surface area contributed by atoms with E-state index in [4.69, 9.17) is 5.11 Å². The predicted octanol–water partition coefficient (Wildman–Crippen LogP) is 3.56. The number of alkyl halides is 3. The Morgan fingerprint density at radius 3 is 2.56 bits per heavy atom. The molecule has 0 aliphatic carbocycles. The van der Waals surface area contributed by atoms with E-state index in [0.717, 1.165) is 6.20 Å². The fraction of sp³-hybridized carbons (Fsp3) is 0.0909. The number of carboxylic acid groups (broad SMARTS) is 1. The molecule has 0 aliphatic heterocycles. The third-order valence-electron chi connectivity index (χ3n) is 2.34. The summed E-state index contributed by atoms with van der Waals surface area (Å²) in [6, 6.07) is 4.31. The molecule has 1 aromatic heterocycles. The van der Waals surface area contributed by atoms with E-state index in [9.17, 15) is 18.0 Å². The van der Waals surface area contributed by atoms with Gasteiger partial charge < -0.3 is 5.11 Å². The highest BCUT2D eigenvalue weighted by molar-refractivity contribution is 14.1. The van der Waals surface area contributed by atoms with E-state index >= 15 is 0 Å². The van der Waals surface area contributed by atoms with Crippen molar-refractivity contribution >= 4 is 39.5 Å². The molecule has 0 aliphatic rings. The standard InChI is InChI=1S/C11H5F3INO2/c12-11(13,14)9-6-3-5(15)1-2-8(6)16-4-7(9)10(17)18/h1-4H,(H,17,18). The topological polar surface area (TPSA) is 50.2 Å². The zero-order valence-electron chi connectivity index (χ0n) is 8.62. The smallest absolute Gasteiger partial charge is 0.417 e. The molecule has 1 heterocycles. The van der Waals surface area contributed by atoms with Crippen LogP contribution in [-0.4, -0.2) is 16.1 Å². The number of aromatic carboxylic acids is 1. The van der Waals surface area contributed by atoms with Gasteiger partial charge in [0, 0.05) is 15.2 Å². The fourth-order valence-corrected chi connectivity index (χ4v) is 2.12. The minimum absolute atomic E-state index is 0.118. The van der Waals surface area contributed by atoms with Gasteiger partial charge in [-0.3, -0.25) is 4.98 Å². The van der Waals surface area contributed by atoms with Crippen LogP contribution in [0.15, 0.2) is 24.4 Å². The molecule has 7 heteroatoms. The fourth-order valence-electron chi connectivity index (χ4n) is 1.63. The maximum atomic E-state index is 13.0. The monoisotopic (exact) mass is 367 g/mol. The summed E-state index contributed by atoms with van der Waals surface area (Å²) in [6.45, 7) is 0. The van der Waals surface area contributed by atoms with Crippen LogP contribution >= 0.6 is 22.6 Å². The maximum absolute atomic E-state index is 13.0. The molecule has 0 atom stereocenters. The van der Waals surface area contributed by atoms with Gasteiger partial charge in [-0.05, 0) is 40.8 Å². The van der Waals surface area contributed by atoms with Crippen molar-refractivity contribution in [2.45, 2.75) is 6.18 Å². The molecule has 0 saturated carbocycles. The molecule has 0 saturated heterocycles. The molecule has 0 spiro atoms. The van der Waals surface area contributed by atoms with Crippen molar-refractivity contribution in [1.29, 1.82) is 0 Å². The highest BCUT2D eigenvalue weighted by Crippen LogP contribution is 2.37. The number of rotatable bonds is 1. The molecular weight excluding hydrogens is 362 g/mol. The highest BCUT2D eigenvalue weighted by Gasteiger charge is 2.37. The van der Waals surface area contributed by atoms with E-state index in [1.807, 2.05) is 22.6 Å². The number of fused-ring (bicyclic) bond motifs is 1. The van der Waals surface area contributed by atoms with Crippen LogP contribution in [0.1, 0.15) is 15.9 Å². The van der Waals surface area contributed by atoms with Gasteiger partial charge in [0.2, 0.25) is 0 Å². The van der Waals surface area contributed by atoms with Gasteiger partial charge in [0.05, 0.1) is 16.6 Å². The molecule has 18 heavy (non-hydrogen) atoms. The van der Waals surface area contributed by atoms with Crippen LogP contribution in [0.4, 0.5) is 13.2 Å². The van der Waals surface area contributed by atoms with Crippen molar-refractivity contribution in [2.75, 3.05) is 0 Å². The summed E-state index contributed by atoms with van der Waals surface area (Å²) >= 11 is 1.86. The average Bonchev–Trinajstić information content (AvgIpc) is 2.25. The molecule has 1 aromatic carbocycles. The third kappa shape index (κ3) is 2.26. The lowest BCUT2D eigenvalue weighted by atomic mass is 10.0. The lowest BCUT2D eigenvalue weighted by molar-refractivity contribution is -0.136. The molecule has 0 radical (unpaired) electrons. The number of carbonyl (C=O) groups is 1. The van der Waals surface area contributed by atoms with Gasteiger partial charge in [-0.1, -0.05) is 0 Å². The lowest BCUT2D eigenvalue weighted by Crippen LogP contribution is -2.14. The molecule has 3 nitrogen and oxygen atoms in total. The molecule has 94 valence electrons. The van der Waals surface area contributed by atoms with Crippen molar-refractivity contribution in [1.82, 2.24) is 4.98 Å². The van der Waals surface area contributed by atoms with Crippen LogP contribution in [0, 0.1) is 3.57 Å². The molecular formula is C11H5F3INO2. The van der Waals surface area contributed by atoms with Crippen molar-refractivity contribution in [2.24, 2.45) is 0 Å². The van der Waals surface area contributed by atoms with Gasteiger partial charge in [0.25, 0.3) is 0 Å². The SMILES string of the molecule is O=C(O)c1cnc2ccc(I)cc2c1C(F)(F)F. The normalized spacial score (nSPS) is 11.8. The van der Waals surface area contributed by atoms with E-state index in [1.165, 1.54) is 12.1 Å². The molecule has 0 amide bonds. The predicted molar refractivity (Wildman–Crippen MR) is 66.4 cm³/mol. The van der Waals surface area contributed by atoms with E-state index in [1.54, 1.807) is 6.07 Å². The Morgan fingerprint density at radius 1 is 1.33 bits per heavy atom. The van der Waals surface area contributed by atoms with Crippen molar-refractivity contribution in [3.8, 4) is 0 Å². The number of pyridine rings is 1. The second-order valence-electron chi connectivity index (χ2n) is 3.51. The van der Waals surface area contributed by atoms with Crippen molar-refractivity contribution in [3.63, 3.8) is 0 Å². The minimum atomic E-state index is -4.74. The van der Waals surface area contributed by atoms with Crippen molar-refractivity contribution < 1.29 is 23.1 Å². The quantitative estimate of drug-likeness (QED) is 0.785. The Hall–Kier alpha value is -1.38. The third-order valence-corrected chi connectivity index (χ3v) is 3.01. The largest absolute Gasteiger partial charge is 0.478 e. The first-order chi connectivity index (χ1) is 8.30. The van der Waals surface area contributed by atoms with E-state index in [2.05, 4.69) is 4.98 Å². The second kappa shape index (κ2) is 4.38. The first-order valence-electron chi connectivity index (χ1n) is 4.69. The van der Waals surface area contributed by atoms with Crippen LogP contribution in [0.3, 0.4) is 0 Å². The molecule has 2 rings (SSSR count). The number of hydrogen-bond donors (Lipinski definition) is 1. The van der Waals surface area contributed by atoms with Crippen LogP contribution in [0.5, 0.6) is 0 Å². The molecule has 0 unspecified atom stereocenters. The summed E-state index contributed by atoms with van der Waals surface area (Å²) < 4.78 is 39.5. The van der Waals surface area contributed by atoms with Gasteiger partial charge in [-0.2, -0.15) is 13.2 Å². The van der Waals surface area contributed by atoms with Crippen LogP contribution in [0.25, 0.3) is 10.9 Å². The van der Waals surface area contributed by atoms with Gasteiger partial charge >= 0.3 is 12.1 Å². The van der Waals surface area contributed by atoms with Crippen LogP contribution in [0.2, 0.25) is 0 Å². The number of benzene rings is 1. The zero-order valence-corrected chi connectivity index (χ0v) is 10.8. The van der Waals surface area contributed by atoms with Gasteiger partial charge in [0.15, 0.2) is 0 Å². The van der Waals surface area contributed by atoms with E-state index in [-0.39, 0.29) is 10.9 Å². The van der Waals surface area contributed by atoms with E-state index in [0.29, 0.717) is 3.57 Å². The summed E-state index contributed by atoms with van der Waals surface area (Å²) in [4.78, 5) is 14.6. The Bertz CT molecular complexity index is 640. The molecule has 1 N–H and O–H groups in total. The summed E-state index contributed by atoms with van der Waals surface area (Å²) in [7, 11) is 0. The number of aromatic nitrogens is 1. The highest BCUT2D eigenvalue weighted by atomic mass is 127. The first-order valence-corrected chi connectivity index (χ1v) is 5.77. The van der Waals surface area contributed by atoms with Crippen LogP contribution < -0.4 is 0 Å².